The minimum absolute atomic E-state index is 0.0371. The van der Waals surface area contributed by atoms with E-state index in [1.54, 1.807) is 0 Å². The topological polar surface area (TPSA) is 43.1 Å². The summed E-state index contributed by atoms with van der Waals surface area (Å²) in [4.78, 5) is 11.7. The minimum Gasteiger partial charge on any atom is -0.330 e. The molecule has 0 aliphatic carbocycles. The van der Waals surface area contributed by atoms with Gasteiger partial charge in [-0.25, -0.2) is 0 Å². The van der Waals surface area contributed by atoms with E-state index in [1.165, 1.54) is 11.1 Å². The first-order valence-corrected chi connectivity index (χ1v) is 5.33. The molecule has 2 nitrogen and oxygen atoms in total. The molecule has 0 spiro atoms. The third-order valence-electron chi connectivity index (χ3n) is 2.77. The van der Waals surface area contributed by atoms with Gasteiger partial charge in [-0.05, 0) is 25.0 Å². The van der Waals surface area contributed by atoms with Crippen LogP contribution >= 0.6 is 0 Å². The normalized spacial score (nSPS) is 12.5. The maximum Gasteiger partial charge on any atom is 0.141 e. The SMILES string of the molecule is Cc1ccc(C)c(CC(=O)C(C)CN)c1. The van der Waals surface area contributed by atoms with Gasteiger partial charge in [-0.2, -0.15) is 0 Å². The molecule has 2 heteroatoms. The Morgan fingerprint density at radius 3 is 2.67 bits per heavy atom. The van der Waals surface area contributed by atoms with Crippen LogP contribution in [-0.2, 0) is 11.2 Å². The van der Waals surface area contributed by atoms with Crippen molar-refractivity contribution in [2.45, 2.75) is 27.2 Å². The summed E-state index contributed by atoms with van der Waals surface area (Å²) in [6.45, 7) is 6.39. The molecule has 1 aromatic rings. The van der Waals surface area contributed by atoms with Crippen molar-refractivity contribution in [1.29, 1.82) is 0 Å². The summed E-state index contributed by atoms with van der Waals surface area (Å²) in [5.41, 5.74) is 8.98. The second-order valence-corrected chi connectivity index (χ2v) is 4.21. The fraction of sp³-hybridized carbons (Fsp3) is 0.462. The van der Waals surface area contributed by atoms with Gasteiger partial charge in [-0.3, -0.25) is 4.79 Å². The van der Waals surface area contributed by atoms with Crippen LogP contribution in [0.1, 0.15) is 23.6 Å². The number of nitrogens with two attached hydrogens (primary N) is 1. The zero-order valence-corrected chi connectivity index (χ0v) is 9.71. The summed E-state index contributed by atoms with van der Waals surface area (Å²) >= 11 is 0. The van der Waals surface area contributed by atoms with Crippen LogP contribution in [-0.4, -0.2) is 12.3 Å². The Labute approximate surface area is 91.5 Å². The Bertz CT molecular complexity index is 358. The van der Waals surface area contributed by atoms with Crippen LogP contribution in [0.25, 0.3) is 0 Å². The average molecular weight is 205 g/mol. The lowest BCUT2D eigenvalue weighted by Gasteiger charge is -2.10. The molecule has 0 aromatic heterocycles. The summed E-state index contributed by atoms with van der Waals surface area (Å²) in [5, 5.41) is 0. The molecule has 1 unspecified atom stereocenters. The van der Waals surface area contributed by atoms with Gasteiger partial charge in [-0.1, -0.05) is 30.7 Å². The lowest BCUT2D eigenvalue weighted by atomic mass is 9.96. The molecule has 1 atom stereocenters. The number of rotatable bonds is 4. The quantitative estimate of drug-likeness (QED) is 0.817. The highest BCUT2D eigenvalue weighted by Gasteiger charge is 2.12. The highest BCUT2D eigenvalue weighted by atomic mass is 16.1. The van der Waals surface area contributed by atoms with Crippen molar-refractivity contribution in [2.75, 3.05) is 6.54 Å². The Morgan fingerprint density at radius 2 is 2.07 bits per heavy atom. The van der Waals surface area contributed by atoms with Gasteiger partial charge in [0.15, 0.2) is 0 Å². The fourth-order valence-corrected chi connectivity index (χ4v) is 1.48. The van der Waals surface area contributed by atoms with Crippen LogP contribution in [0.15, 0.2) is 18.2 Å². The van der Waals surface area contributed by atoms with E-state index < -0.39 is 0 Å². The summed E-state index contributed by atoms with van der Waals surface area (Å²) < 4.78 is 0. The van der Waals surface area contributed by atoms with E-state index in [4.69, 9.17) is 5.73 Å². The van der Waals surface area contributed by atoms with Crippen molar-refractivity contribution in [3.05, 3.63) is 34.9 Å². The van der Waals surface area contributed by atoms with Crippen molar-refractivity contribution in [3.8, 4) is 0 Å². The van der Waals surface area contributed by atoms with Crippen LogP contribution in [0.4, 0.5) is 0 Å². The second kappa shape index (κ2) is 5.08. The summed E-state index contributed by atoms with van der Waals surface area (Å²) in [7, 11) is 0. The van der Waals surface area contributed by atoms with E-state index >= 15 is 0 Å². The molecule has 0 saturated heterocycles. The van der Waals surface area contributed by atoms with Gasteiger partial charge in [0.1, 0.15) is 5.78 Å². The number of aryl methyl sites for hydroxylation is 2. The van der Waals surface area contributed by atoms with E-state index in [9.17, 15) is 4.79 Å². The molecule has 0 heterocycles. The molecule has 0 fully saturated rings. The molecular formula is C13H19NO. The van der Waals surface area contributed by atoms with Gasteiger partial charge in [0, 0.05) is 18.9 Å². The summed E-state index contributed by atoms with van der Waals surface area (Å²) in [5.74, 6) is 0.191. The van der Waals surface area contributed by atoms with E-state index in [-0.39, 0.29) is 11.7 Å². The lowest BCUT2D eigenvalue weighted by Crippen LogP contribution is -2.22. The molecule has 0 aliphatic rings. The Morgan fingerprint density at radius 1 is 1.40 bits per heavy atom. The van der Waals surface area contributed by atoms with E-state index in [0.29, 0.717) is 13.0 Å². The summed E-state index contributed by atoms with van der Waals surface area (Å²) in [6.07, 6.45) is 0.506. The number of benzene rings is 1. The number of hydrogen-bond acceptors (Lipinski definition) is 2. The maximum atomic E-state index is 11.7. The van der Waals surface area contributed by atoms with Gasteiger partial charge in [0.25, 0.3) is 0 Å². The zero-order chi connectivity index (χ0) is 11.4. The Balaban J connectivity index is 2.80. The van der Waals surface area contributed by atoms with Crippen LogP contribution in [0.5, 0.6) is 0 Å². The third-order valence-corrected chi connectivity index (χ3v) is 2.77. The molecule has 0 saturated carbocycles. The van der Waals surface area contributed by atoms with Crippen LogP contribution in [0.3, 0.4) is 0 Å². The maximum absolute atomic E-state index is 11.7. The van der Waals surface area contributed by atoms with Crippen LogP contribution in [0.2, 0.25) is 0 Å². The van der Waals surface area contributed by atoms with Gasteiger partial charge in [0.05, 0.1) is 0 Å². The molecule has 0 radical (unpaired) electrons. The number of hydrogen-bond donors (Lipinski definition) is 1. The number of ketones is 1. The highest BCUT2D eigenvalue weighted by Crippen LogP contribution is 2.13. The first-order valence-electron chi connectivity index (χ1n) is 5.33. The average Bonchev–Trinajstić information content (AvgIpc) is 2.22. The monoisotopic (exact) mass is 205 g/mol. The Hall–Kier alpha value is -1.15. The second-order valence-electron chi connectivity index (χ2n) is 4.21. The smallest absolute Gasteiger partial charge is 0.141 e. The molecule has 82 valence electrons. The molecule has 2 N–H and O–H groups in total. The largest absolute Gasteiger partial charge is 0.330 e. The predicted octanol–water partition coefficient (Wildman–Crippen LogP) is 2.01. The van der Waals surface area contributed by atoms with E-state index in [1.807, 2.05) is 20.8 Å². The summed E-state index contributed by atoms with van der Waals surface area (Å²) in [6, 6.07) is 6.21. The van der Waals surface area contributed by atoms with Gasteiger partial charge >= 0.3 is 0 Å². The zero-order valence-electron chi connectivity index (χ0n) is 9.71. The molecule has 15 heavy (non-hydrogen) atoms. The lowest BCUT2D eigenvalue weighted by molar-refractivity contribution is -0.121. The number of carbonyl (C=O) groups excluding carboxylic acids is 1. The van der Waals surface area contributed by atoms with Crippen molar-refractivity contribution in [2.24, 2.45) is 11.7 Å². The minimum atomic E-state index is -0.0371. The van der Waals surface area contributed by atoms with Crippen molar-refractivity contribution in [1.82, 2.24) is 0 Å². The first kappa shape index (κ1) is 11.9. The molecule has 1 rings (SSSR count). The Kier molecular flexibility index (Phi) is 4.04. The van der Waals surface area contributed by atoms with Gasteiger partial charge < -0.3 is 5.73 Å². The molecular weight excluding hydrogens is 186 g/mol. The van der Waals surface area contributed by atoms with Gasteiger partial charge in [0.2, 0.25) is 0 Å². The molecule has 0 aliphatic heterocycles. The van der Waals surface area contributed by atoms with E-state index in [0.717, 1.165) is 5.56 Å². The fourth-order valence-electron chi connectivity index (χ4n) is 1.48. The van der Waals surface area contributed by atoms with Gasteiger partial charge in [-0.15, -0.1) is 0 Å². The third kappa shape index (κ3) is 3.17. The van der Waals surface area contributed by atoms with Crippen LogP contribution < -0.4 is 5.73 Å². The first-order chi connectivity index (χ1) is 7.04. The predicted molar refractivity (Wildman–Crippen MR) is 62.8 cm³/mol. The molecule has 1 aromatic carbocycles. The number of Topliss-reactive ketones (excluding diaryl/α,β-unsaturated/α-hetero) is 1. The standard InChI is InChI=1S/C13H19NO/c1-9-4-5-10(2)12(6-9)7-13(15)11(3)8-14/h4-6,11H,7-8,14H2,1-3H3. The molecule has 0 amide bonds. The number of carbonyl (C=O) groups is 1. The highest BCUT2D eigenvalue weighted by molar-refractivity contribution is 5.83. The van der Waals surface area contributed by atoms with E-state index in [2.05, 4.69) is 18.2 Å². The van der Waals surface area contributed by atoms with Crippen molar-refractivity contribution < 1.29 is 4.79 Å². The molecule has 0 bridgehead atoms. The van der Waals surface area contributed by atoms with Crippen molar-refractivity contribution in [3.63, 3.8) is 0 Å². The van der Waals surface area contributed by atoms with Crippen molar-refractivity contribution >= 4 is 5.78 Å². The van der Waals surface area contributed by atoms with Crippen LogP contribution in [0, 0.1) is 19.8 Å².